The van der Waals surface area contributed by atoms with Crippen LogP contribution in [0.15, 0.2) is 0 Å². The van der Waals surface area contributed by atoms with E-state index in [0.29, 0.717) is 0 Å². The first-order valence-electron chi connectivity index (χ1n) is 2.42. The van der Waals surface area contributed by atoms with E-state index in [-0.39, 0.29) is 0 Å². The Balaban J connectivity index is 4.40. The molecule has 0 aromatic carbocycles. The molecule has 0 N–H and O–H groups in total. The zero-order valence-corrected chi connectivity index (χ0v) is 6.25. The number of halogens is 3. The Morgan fingerprint density at radius 2 is 1.55 bits per heavy atom. The fourth-order valence-electron chi connectivity index (χ4n) is 0.302. The van der Waals surface area contributed by atoms with Gasteiger partial charge in [-0.1, -0.05) is 0 Å². The first kappa shape index (κ1) is 10.1. The average Bonchev–Trinajstić information content (AvgIpc) is 1.84. The molecule has 0 amide bonds. The molecule has 0 spiro atoms. The Morgan fingerprint density at radius 3 is 1.64 bits per heavy atom. The van der Waals surface area contributed by atoms with Gasteiger partial charge in [-0.3, -0.25) is 0 Å². The number of nitriles is 2. The van der Waals surface area contributed by atoms with Crippen LogP contribution in [0, 0.1) is 22.7 Å². The van der Waals surface area contributed by atoms with E-state index in [1.165, 1.54) is 12.1 Å². The zero-order chi connectivity index (χ0) is 9.12. The van der Waals surface area contributed by atoms with Crippen molar-refractivity contribution < 1.29 is 13.2 Å². The largest absolute Gasteiger partial charge is 0.444 e. The van der Waals surface area contributed by atoms with Gasteiger partial charge in [0.2, 0.25) is 0 Å². The third-order valence-corrected chi connectivity index (χ3v) is 1.57. The minimum Gasteiger partial charge on any atom is -0.196 e. The predicted octanol–water partition coefficient (Wildman–Crippen LogP) is 2.05. The molecule has 0 saturated heterocycles. The Labute approximate surface area is 65.6 Å². The average molecular weight is 180 g/mol. The number of hydrogen-bond donors (Lipinski definition) is 0. The minimum absolute atomic E-state index is 0.618. The van der Waals surface area contributed by atoms with Crippen molar-refractivity contribution in [3.05, 3.63) is 0 Å². The van der Waals surface area contributed by atoms with Gasteiger partial charge in [0.15, 0.2) is 4.75 Å². The van der Waals surface area contributed by atoms with Gasteiger partial charge in [0.05, 0.1) is 12.1 Å². The van der Waals surface area contributed by atoms with E-state index in [2.05, 4.69) is 0 Å². The molecule has 2 nitrogen and oxygen atoms in total. The number of hydrogen-bond acceptors (Lipinski definition) is 3. The van der Waals surface area contributed by atoms with Crippen LogP contribution in [0.5, 0.6) is 0 Å². The van der Waals surface area contributed by atoms with Crippen molar-refractivity contribution in [2.45, 2.75) is 17.2 Å². The molecule has 0 aromatic heterocycles. The lowest BCUT2D eigenvalue weighted by molar-refractivity contribution is -0.0334. The topological polar surface area (TPSA) is 47.6 Å². The SMILES string of the molecule is CC(C#N)(C#N)SC(F)(F)F. The van der Waals surface area contributed by atoms with Crippen molar-refractivity contribution in [1.82, 2.24) is 0 Å². The summed E-state index contributed by atoms with van der Waals surface area (Å²) in [5, 5.41) is 16.3. The van der Waals surface area contributed by atoms with Crippen LogP contribution in [0.3, 0.4) is 0 Å². The van der Waals surface area contributed by atoms with E-state index in [1.54, 1.807) is 0 Å². The third-order valence-electron chi connectivity index (χ3n) is 0.747. The lowest BCUT2D eigenvalue weighted by Crippen LogP contribution is -2.20. The van der Waals surface area contributed by atoms with Gasteiger partial charge in [-0.05, 0) is 18.7 Å². The molecule has 11 heavy (non-hydrogen) atoms. The van der Waals surface area contributed by atoms with Crippen LogP contribution in [0.2, 0.25) is 0 Å². The molecule has 0 atom stereocenters. The summed E-state index contributed by atoms with van der Waals surface area (Å²) in [7, 11) is 0. The van der Waals surface area contributed by atoms with Crippen molar-refractivity contribution in [3.63, 3.8) is 0 Å². The molecule has 6 heteroatoms. The maximum absolute atomic E-state index is 11.6. The summed E-state index contributed by atoms with van der Waals surface area (Å²) in [5.74, 6) is 0. The van der Waals surface area contributed by atoms with Crippen LogP contribution in [-0.2, 0) is 0 Å². The van der Waals surface area contributed by atoms with Gasteiger partial charge in [-0.15, -0.1) is 0 Å². The molecule has 0 aromatic rings. The second kappa shape index (κ2) is 3.02. The predicted molar refractivity (Wildman–Crippen MR) is 33.3 cm³/mol. The van der Waals surface area contributed by atoms with Crippen LogP contribution in [0.1, 0.15) is 6.92 Å². The van der Waals surface area contributed by atoms with E-state index in [9.17, 15) is 13.2 Å². The number of thioether (sulfide) groups is 1. The third kappa shape index (κ3) is 3.74. The highest BCUT2D eigenvalue weighted by Crippen LogP contribution is 2.39. The second-order valence-electron chi connectivity index (χ2n) is 1.80. The van der Waals surface area contributed by atoms with Crippen molar-refractivity contribution in [1.29, 1.82) is 10.5 Å². The Hall–Kier alpha value is -0.880. The van der Waals surface area contributed by atoms with Crippen LogP contribution in [0.4, 0.5) is 13.2 Å². The normalized spacial score (nSPS) is 11.8. The molecule has 0 radical (unpaired) electrons. The fourth-order valence-corrected chi connectivity index (χ4v) is 0.856. The van der Waals surface area contributed by atoms with Crippen LogP contribution >= 0.6 is 11.8 Å². The highest BCUT2D eigenvalue weighted by molar-refractivity contribution is 8.01. The first-order chi connectivity index (χ1) is 4.83. The van der Waals surface area contributed by atoms with Gasteiger partial charge in [0, 0.05) is 0 Å². The molecule has 0 aliphatic carbocycles. The van der Waals surface area contributed by atoms with Crippen LogP contribution in [-0.4, -0.2) is 10.3 Å². The molecule has 0 bridgehead atoms. The van der Waals surface area contributed by atoms with Crippen LogP contribution in [0.25, 0.3) is 0 Å². The molecule has 0 heterocycles. The standard InChI is InChI=1S/C5H3F3N2S/c1-4(2-9,3-10)11-5(6,7)8/h1H3. The first-order valence-corrected chi connectivity index (χ1v) is 3.24. The monoisotopic (exact) mass is 180 g/mol. The summed E-state index contributed by atoms with van der Waals surface area (Å²) in [4.78, 5) is 0. The van der Waals surface area contributed by atoms with Gasteiger partial charge in [-0.25, -0.2) is 0 Å². The molecule has 0 aliphatic heterocycles. The summed E-state index contributed by atoms with van der Waals surface area (Å²) < 4.78 is 32.7. The van der Waals surface area contributed by atoms with Gasteiger partial charge in [0.25, 0.3) is 0 Å². The van der Waals surface area contributed by atoms with Gasteiger partial charge < -0.3 is 0 Å². The number of rotatable bonds is 1. The summed E-state index contributed by atoms with van der Waals surface area (Å²) in [6, 6.07) is 2.53. The molecular weight excluding hydrogens is 177 g/mol. The van der Waals surface area contributed by atoms with E-state index in [4.69, 9.17) is 10.5 Å². The van der Waals surface area contributed by atoms with E-state index >= 15 is 0 Å². The summed E-state index contributed by atoms with van der Waals surface area (Å²) >= 11 is -0.618. The smallest absolute Gasteiger partial charge is 0.196 e. The lowest BCUT2D eigenvalue weighted by atomic mass is 10.2. The summed E-state index contributed by atoms with van der Waals surface area (Å²) in [5.41, 5.74) is -4.54. The summed E-state index contributed by atoms with van der Waals surface area (Å²) in [6.45, 7) is 0.922. The number of nitrogens with zero attached hydrogens (tertiary/aromatic N) is 2. The van der Waals surface area contributed by atoms with Gasteiger partial charge in [-0.2, -0.15) is 23.7 Å². The van der Waals surface area contributed by atoms with Crippen molar-refractivity contribution in [3.8, 4) is 12.1 Å². The second-order valence-corrected chi connectivity index (χ2v) is 3.29. The van der Waals surface area contributed by atoms with E-state index in [1.807, 2.05) is 0 Å². The Bertz CT molecular complexity index is 207. The highest BCUT2D eigenvalue weighted by Gasteiger charge is 2.41. The fraction of sp³-hybridized carbons (Fsp3) is 0.600. The maximum Gasteiger partial charge on any atom is 0.444 e. The maximum atomic E-state index is 11.6. The highest BCUT2D eigenvalue weighted by atomic mass is 32.2. The Kier molecular flexibility index (Phi) is 2.77. The molecule has 0 fully saturated rings. The molecule has 0 unspecified atom stereocenters. The molecule has 0 rings (SSSR count). The molecule has 0 saturated carbocycles. The minimum atomic E-state index is -4.54. The molecule has 0 aliphatic rings. The van der Waals surface area contributed by atoms with Crippen molar-refractivity contribution in [2.75, 3.05) is 0 Å². The van der Waals surface area contributed by atoms with E-state index < -0.39 is 22.0 Å². The summed E-state index contributed by atoms with van der Waals surface area (Å²) in [6.07, 6.45) is 0. The van der Waals surface area contributed by atoms with Crippen molar-refractivity contribution >= 4 is 11.8 Å². The van der Waals surface area contributed by atoms with E-state index in [0.717, 1.165) is 6.92 Å². The number of alkyl halides is 3. The molecular formula is C5H3F3N2S. The zero-order valence-electron chi connectivity index (χ0n) is 5.44. The van der Waals surface area contributed by atoms with Crippen LogP contribution < -0.4 is 0 Å². The van der Waals surface area contributed by atoms with Gasteiger partial charge in [0.1, 0.15) is 0 Å². The lowest BCUT2D eigenvalue weighted by Gasteiger charge is -2.12. The molecule has 60 valence electrons. The quantitative estimate of drug-likeness (QED) is 0.620. The van der Waals surface area contributed by atoms with Crippen molar-refractivity contribution in [2.24, 2.45) is 0 Å². The Morgan fingerprint density at radius 1 is 1.18 bits per heavy atom. The van der Waals surface area contributed by atoms with Gasteiger partial charge >= 0.3 is 5.51 Å².